The Balaban J connectivity index is 2.24. The summed E-state index contributed by atoms with van der Waals surface area (Å²) >= 11 is 5.82. The third-order valence-corrected chi connectivity index (χ3v) is 3.15. The predicted octanol–water partition coefficient (Wildman–Crippen LogP) is 3.39. The van der Waals surface area contributed by atoms with Crippen molar-refractivity contribution in [2.45, 2.75) is 5.88 Å². The Bertz CT molecular complexity index is 628. The van der Waals surface area contributed by atoms with Gasteiger partial charge in [-0.2, -0.15) is 0 Å². The summed E-state index contributed by atoms with van der Waals surface area (Å²) in [6.45, 7) is 0. The number of methoxy groups -OCH3 is 1. The Morgan fingerprint density at radius 2 is 2.05 bits per heavy atom. The Labute approximate surface area is 122 Å². The molecule has 0 bridgehead atoms. The highest BCUT2D eigenvalue weighted by atomic mass is 35.5. The molecule has 0 heterocycles. The molecule has 4 nitrogen and oxygen atoms in total. The first kappa shape index (κ1) is 14.2. The second kappa shape index (κ2) is 6.30. The van der Waals surface area contributed by atoms with Crippen LogP contribution in [0.4, 0.5) is 5.69 Å². The van der Waals surface area contributed by atoms with Crippen molar-refractivity contribution in [1.29, 1.82) is 0 Å². The van der Waals surface area contributed by atoms with E-state index in [4.69, 9.17) is 16.3 Å². The summed E-state index contributed by atoms with van der Waals surface area (Å²) in [6, 6.07) is 11.8. The highest BCUT2D eigenvalue weighted by Gasteiger charge is 2.13. The van der Waals surface area contributed by atoms with E-state index < -0.39 is 5.91 Å². The van der Waals surface area contributed by atoms with Gasteiger partial charge in [0.05, 0.1) is 12.7 Å². The van der Waals surface area contributed by atoms with Gasteiger partial charge in [-0.1, -0.05) is 18.2 Å². The lowest BCUT2D eigenvalue weighted by molar-refractivity contribution is 0.102. The first-order valence-electron chi connectivity index (χ1n) is 5.98. The molecule has 0 atom stereocenters. The van der Waals surface area contributed by atoms with E-state index in [1.807, 2.05) is 12.1 Å². The largest absolute Gasteiger partial charge is 0.507 e. The fourth-order valence-electron chi connectivity index (χ4n) is 1.78. The molecule has 0 saturated heterocycles. The van der Waals surface area contributed by atoms with E-state index >= 15 is 0 Å². The number of rotatable bonds is 4. The average Bonchev–Trinajstić information content (AvgIpc) is 2.47. The van der Waals surface area contributed by atoms with Gasteiger partial charge in [0, 0.05) is 17.6 Å². The molecule has 0 saturated carbocycles. The van der Waals surface area contributed by atoms with E-state index in [1.165, 1.54) is 19.2 Å². The molecular weight excluding hydrogens is 278 g/mol. The zero-order valence-electron chi connectivity index (χ0n) is 10.9. The second-order valence-corrected chi connectivity index (χ2v) is 4.40. The molecule has 2 aromatic rings. The van der Waals surface area contributed by atoms with Crippen LogP contribution in [0.1, 0.15) is 15.9 Å². The van der Waals surface area contributed by atoms with Crippen molar-refractivity contribution in [3.63, 3.8) is 0 Å². The van der Waals surface area contributed by atoms with Crippen LogP contribution in [0.2, 0.25) is 0 Å². The highest BCUT2D eigenvalue weighted by Crippen LogP contribution is 2.25. The van der Waals surface area contributed by atoms with E-state index in [9.17, 15) is 9.90 Å². The van der Waals surface area contributed by atoms with Crippen molar-refractivity contribution < 1.29 is 14.6 Å². The van der Waals surface area contributed by atoms with Gasteiger partial charge in [0.15, 0.2) is 0 Å². The standard InChI is InChI=1S/C15H14ClNO3/c1-20-11-6-7-12(14(18)8-11)15(19)17-13-5-3-2-4-10(13)9-16/h2-8,18H,9H2,1H3,(H,17,19). The molecule has 2 aromatic carbocycles. The maximum absolute atomic E-state index is 12.1. The quantitative estimate of drug-likeness (QED) is 0.849. The van der Waals surface area contributed by atoms with Crippen molar-refractivity contribution in [2.75, 3.05) is 12.4 Å². The fraction of sp³-hybridized carbons (Fsp3) is 0.133. The van der Waals surface area contributed by atoms with Crippen LogP contribution in [0, 0.1) is 0 Å². The molecule has 2 rings (SSSR count). The Morgan fingerprint density at radius 1 is 1.30 bits per heavy atom. The predicted molar refractivity (Wildman–Crippen MR) is 78.6 cm³/mol. The van der Waals surface area contributed by atoms with Gasteiger partial charge >= 0.3 is 0 Å². The van der Waals surface area contributed by atoms with Crippen LogP contribution in [-0.2, 0) is 5.88 Å². The normalized spacial score (nSPS) is 10.1. The molecule has 0 fully saturated rings. The van der Waals surface area contributed by atoms with E-state index in [0.29, 0.717) is 17.3 Å². The Kier molecular flexibility index (Phi) is 4.48. The Hall–Kier alpha value is -2.20. The van der Waals surface area contributed by atoms with Gasteiger partial charge in [0.2, 0.25) is 0 Å². The van der Waals surface area contributed by atoms with E-state index in [1.54, 1.807) is 18.2 Å². The fourth-order valence-corrected chi connectivity index (χ4v) is 2.01. The SMILES string of the molecule is COc1ccc(C(=O)Nc2ccccc2CCl)c(O)c1. The number of phenolic OH excluding ortho intramolecular Hbond substituents is 1. The van der Waals surface area contributed by atoms with E-state index in [-0.39, 0.29) is 11.3 Å². The number of nitrogens with one attached hydrogen (secondary N) is 1. The number of ether oxygens (including phenoxy) is 1. The topological polar surface area (TPSA) is 58.6 Å². The first-order chi connectivity index (χ1) is 9.65. The summed E-state index contributed by atoms with van der Waals surface area (Å²) < 4.78 is 4.98. The third kappa shape index (κ3) is 3.03. The molecule has 0 aromatic heterocycles. The maximum atomic E-state index is 12.1. The van der Waals surface area contributed by atoms with Crippen LogP contribution in [0.5, 0.6) is 11.5 Å². The Morgan fingerprint density at radius 3 is 2.70 bits per heavy atom. The maximum Gasteiger partial charge on any atom is 0.259 e. The van der Waals surface area contributed by atoms with Crippen molar-refractivity contribution in [3.05, 3.63) is 53.6 Å². The highest BCUT2D eigenvalue weighted by molar-refractivity contribution is 6.17. The van der Waals surface area contributed by atoms with Crippen molar-refractivity contribution in [2.24, 2.45) is 0 Å². The monoisotopic (exact) mass is 291 g/mol. The van der Waals surface area contributed by atoms with E-state index in [2.05, 4.69) is 5.32 Å². The number of para-hydroxylation sites is 1. The van der Waals surface area contributed by atoms with Crippen LogP contribution >= 0.6 is 11.6 Å². The van der Waals surface area contributed by atoms with Crippen LogP contribution in [-0.4, -0.2) is 18.1 Å². The summed E-state index contributed by atoms with van der Waals surface area (Å²) in [5.41, 5.74) is 1.62. The molecule has 0 aliphatic carbocycles. The number of benzene rings is 2. The summed E-state index contributed by atoms with van der Waals surface area (Å²) in [6.07, 6.45) is 0. The number of halogens is 1. The number of amides is 1. The summed E-state index contributed by atoms with van der Waals surface area (Å²) in [4.78, 5) is 12.1. The molecular formula is C15H14ClNO3. The number of carbonyl (C=O) groups is 1. The van der Waals surface area contributed by atoms with Gasteiger partial charge in [-0.05, 0) is 23.8 Å². The summed E-state index contributed by atoms with van der Waals surface area (Å²) in [5.74, 6) is 0.249. The molecule has 0 spiro atoms. The summed E-state index contributed by atoms with van der Waals surface area (Å²) in [7, 11) is 1.49. The lowest BCUT2D eigenvalue weighted by Gasteiger charge is -2.10. The second-order valence-electron chi connectivity index (χ2n) is 4.13. The first-order valence-corrected chi connectivity index (χ1v) is 6.51. The van der Waals surface area contributed by atoms with Gasteiger partial charge in [0.25, 0.3) is 5.91 Å². The minimum absolute atomic E-state index is 0.134. The van der Waals surface area contributed by atoms with Gasteiger partial charge in [-0.15, -0.1) is 11.6 Å². The number of carbonyl (C=O) groups excluding carboxylic acids is 1. The van der Waals surface area contributed by atoms with Crippen LogP contribution in [0.15, 0.2) is 42.5 Å². The van der Waals surface area contributed by atoms with Crippen molar-refractivity contribution in [3.8, 4) is 11.5 Å². The summed E-state index contributed by atoms with van der Waals surface area (Å²) in [5, 5.41) is 12.6. The molecule has 0 radical (unpaired) electrons. The zero-order valence-corrected chi connectivity index (χ0v) is 11.6. The van der Waals surface area contributed by atoms with Crippen LogP contribution in [0.25, 0.3) is 0 Å². The number of phenols is 1. The lowest BCUT2D eigenvalue weighted by atomic mass is 10.1. The lowest BCUT2D eigenvalue weighted by Crippen LogP contribution is -2.13. The molecule has 0 unspecified atom stereocenters. The minimum Gasteiger partial charge on any atom is -0.507 e. The molecule has 2 N–H and O–H groups in total. The molecule has 0 aliphatic rings. The number of hydrogen-bond donors (Lipinski definition) is 2. The number of alkyl halides is 1. The molecule has 104 valence electrons. The van der Waals surface area contributed by atoms with Gasteiger partial charge in [-0.3, -0.25) is 4.79 Å². The number of aromatic hydroxyl groups is 1. The van der Waals surface area contributed by atoms with Gasteiger partial charge in [0.1, 0.15) is 11.5 Å². The molecule has 20 heavy (non-hydrogen) atoms. The van der Waals surface area contributed by atoms with Gasteiger partial charge < -0.3 is 15.2 Å². The average molecular weight is 292 g/mol. The third-order valence-electron chi connectivity index (χ3n) is 2.86. The van der Waals surface area contributed by atoms with Crippen molar-refractivity contribution in [1.82, 2.24) is 0 Å². The molecule has 5 heteroatoms. The zero-order chi connectivity index (χ0) is 14.5. The number of hydrogen-bond acceptors (Lipinski definition) is 3. The molecule has 0 aliphatic heterocycles. The smallest absolute Gasteiger partial charge is 0.259 e. The minimum atomic E-state index is -0.400. The van der Waals surface area contributed by atoms with Crippen LogP contribution in [0.3, 0.4) is 0 Å². The van der Waals surface area contributed by atoms with E-state index in [0.717, 1.165) is 5.56 Å². The molecule has 1 amide bonds. The van der Waals surface area contributed by atoms with Crippen LogP contribution < -0.4 is 10.1 Å². The van der Waals surface area contributed by atoms with Crippen molar-refractivity contribution >= 4 is 23.2 Å². The van der Waals surface area contributed by atoms with Gasteiger partial charge in [-0.25, -0.2) is 0 Å². The number of anilines is 1.